The highest BCUT2D eigenvalue weighted by atomic mass is 35.5. The molecule has 3 aromatic heterocycles. The Balaban J connectivity index is 1.18. The molecule has 40 heavy (non-hydrogen) atoms. The fourth-order valence-corrected chi connectivity index (χ4v) is 5.50. The van der Waals surface area contributed by atoms with Gasteiger partial charge in [0.2, 0.25) is 0 Å². The molecule has 1 aliphatic heterocycles. The molecule has 0 unspecified atom stereocenters. The van der Waals surface area contributed by atoms with Gasteiger partial charge in [-0.2, -0.15) is 0 Å². The van der Waals surface area contributed by atoms with Crippen molar-refractivity contribution in [2.75, 3.05) is 23.7 Å². The Morgan fingerprint density at radius 2 is 1.90 bits per heavy atom. The van der Waals surface area contributed by atoms with E-state index in [-0.39, 0.29) is 11.6 Å². The summed E-state index contributed by atoms with van der Waals surface area (Å²) in [6, 6.07) is 12.8. The number of nitrogens with zero attached hydrogens (tertiary/aromatic N) is 6. The maximum absolute atomic E-state index is 13.3. The molecule has 0 spiro atoms. The zero-order valence-corrected chi connectivity index (χ0v) is 22.8. The summed E-state index contributed by atoms with van der Waals surface area (Å²) in [4.78, 5) is 45.5. The number of nitrogens with two attached hydrogens (primary N) is 1. The van der Waals surface area contributed by atoms with Gasteiger partial charge in [0.05, 0.1) is 45.7 Å². The van der Waals surface area contributed by atoms with Gasteiger partial charge in [-0.1, -0.05) is 35.9 Å². The van der Waals surface area contributed by atoms with Crippen LogP contribution in [0.4, 0.5) is 11.6 Å². The van der Waals surface area contributed by atoms with Crippen molar-refractivity contribution in [3.63, 3.8) is 0 Å². The number of hydrogen-bond acceptors (Lipinski definition) is 7. The van der Waals surface area contributed by atoms with E-state index in [9.17, 15) is 9.59 Å². The van der Waals surface area contributed by atoms with Crippen LogP contribution in [0.3, 0.4) is 0 Å². The summed E-state index contributed by atoms with van der Waals surface area (Å²) < 4.78 is 3.08. The van der Waals surface area contributed by atoms with E-state index >= 15 is 0 Å². The molecular weight excluding hydrogens is 530 g/mol. The Morgan fingerprint density at radius 3 is 2.67 bits per heavy atom. The standard InChI is InChI=1S/C28H28ClN9O2/c1-16-23(28(40)38(36(16)2)22-9-4-3-7-19(22)29)27(39)34-17-10-12-37(13-11-17)26-25(30)31-14-21(35-26)18-6-5-8-20-24(18)33-15-32-20/h3-9,14-15,17H,10-13H2,1-2H3,(H2,30,31)(H,32,33)(H,34,39). The van der Waals surface area contributed by atoms with Crippen LogP contribution in [0.2, 0.25) is 5.02 Å². The summed E-state index contributed by atoms with van der Waals surface area (Å²) >= 11 is 6.34. The third-order valence-electron chi connectivity index (χ3n) is 7.50. The quantitative estimate of drug-likeness (QED) is 0.301. The molecule has 2 aromatic carbocycles. The van der Waals surface area contributed by atoms with Crippen LogP contribution >= 0.6 is 11.6 Å². The molecule has 1 saturated heterocycles. The SMILES string of the molecule is Cc1c(C(=O)NC2CCN(c3nc(-c4cccc5[nH]cnc45)cnc3N)CC2)c(=O)n(-c2ccccc2Cl)n1C. The van der Waals surface area contributed by atoms with Gasteiger partial charge in [-0.05, 0) is 38.0 Å². The number of halogens is 1. The number of aromatic amines is 1. The molecule has 6 rings (SSSR count). The predicted octanol–water partition coefficient (Wildman–Crippen LogP) is 3.45. The average molecular weight is 558 g/mol. The number of rotatable bonds is 5. The Bertz CT molecular complexity index is 1800. The number of imidazole rings is 1. The van der Waals surface area contributed by atoms with E-state index < -0.39 is 11.5 Å². The number of aromatic nitrogens is 6. The van der Waals surface area contributed by atoms with E-state index in [1.807, 2.05) is 18.2 Å². The van der Waals surface area contributed by atoms with Crippen LogP contribution in [-0.2, 0) is 7.05 Å². The van der Waals surface area contributed by atoms with Crippen molar-refractivity contribution in [3.8, 4) is 16.9 Å². The molecule has 5 aromatic rings. The summed E-state index contributed by atoms with van der Waals surface area (Å²) in [7, 11) is 1.74. The van der Waals surface area contributed by atoms with Gasteiger partial charge >= 0.3 is 0 Å². The van der Waals surface area contributed by atoms with E-state index in [2.05, 4.69) is 25.2 Å². The summed E-state index contributed by atoms with van der Waals surface area (Å²) in [5.74, 6) is 0.563. The Hall–Kier alpha value is -4.64. The first-order valence-electron chi connectivity index (χ1n) is 13.0. The van der Waals surface area contributed by atoms with Crippen LogP contribution in [0.25, 0.3) is 28.0 Å². The zero-order valence-electron chi connectivity index (χ0n) is 22.1. The van der Waals surface area contributed by atoms with Crippen molar-refractivity contribution in [2.24, 2.45) is 7.05 Å². The lowest BCUT2D eigenvalue weighted by atomic mass is 10.0. The van der Waals surface area contributed by atoms with Gasteiger partial charge in [-0.3, -0.25) is 14.3 Å². The van der Waals surface area contributed by atoms with Gasteiger partial charge in [-0.25, -0.2) is 19.6 Å². The Morgan fingerprint density at radius 1 is 1.12 bits per heavy atom. The molecule has 4 heterocycles. The van der Waals surface area contributed by atoms with Gasteiger partial charge in [0.25, 0.3) is 11.5 Å². The minimum absolute atomic E-state index is 0.105. The monoisotopic (exact) mass is 557 g/mol. The third kappa shape index (κ3) is 4.37. The zero-order chi connectivity index (χ0) is 28.0. The van der Waals surface area contributed by atoms with Gasteiger partial charge in [-0.15, -0.1) is 0 Å². The van der Waals surface area contributed by atoms with Crippen LogP contribution in [0.15, 0.2) is 59.8 Å². The number of piperidine rings is 1. The number of para-hydroxylation sites is 2. The Kier molecular flexibility index (Phi) is 6.51. The van der Waals surface area contributed by atoms with E-state index in [1.54, 1.807) is 55.4 Å². The first kappa shape index (κ1) is 25.6. The fraction of sp³-hybridized carbons (Fsp3) is 0.250. The number of amides is 1. The highest BCUT2D eigenvalue weighted by Gasteiger charge is 2.28. The molecule has 204 valence electrons. The molecule has 4 N–H and O–H groups in total. The number of hydrogen-bond donors (Lipinski definition) is 3. The molecule has 1 fully saturated rings. The third-order valence-corrected chi connectivity index (χ3v) is 7.82. The van der Waals surface area contributed by atoms with Crippen molar-refractivity contribution >= 4 is 40.2 Å². The Labute approximate surface area is 234 Å². The van der Waals surface area contributed by atoms with E-state index in [0.717, 1.165) is 16.6 Å². The maximum Gasteiger partial charge on any atom is 0.284 e. The minimum atomic E-state index is -0.408. The van der Waals surface area contributed by atoms with Crippen LogP contribution in [0.5, 0.6) is 0 Å². The van der Waals surface area contributed by atoms with Crippen LogP contribution < -0.4 is 21.5 Å². The lowest BCUT2D eigenvalue weighted by Gasteiger charge is -2.33. The molecule has 0 atom stereocenters. The lowest BCUT2D eigenvalue weighted by Crippen LogP contribution is -2.46. The molecule has 0 aliphatic carbocycles. The molecule has 0 bridgehead atoms. The topological polar surface area (TPSA) is 140 Å². The van der Waals surface area contributed by atoms with E-state index in [4.69, 9.17) is 22.3 Å². The maximum atomic E-state index is 13.3. The highest BCUT2D eigenvalue weighted by molar-refractivity contribution is 6.32. The second kappa shape index (κ2) is 10.2. The number of nitrogen functional groups attached to an aromatic ring is 1. The number of nitrogens with one attached hydrogen (secondary N) is 2. The summed E-state index contributed by atoms with van der Waals surface area (Å²) in [6.07, 6.45) is 4.64. The summed E-state index contributed by atoms with van der Waals surface area (Å²) in [5, 5.41) is 3.49. The molecule has 0 radical (unpaired) electrons. The van der Waals surface area contributed by atoms with Gasteiger partial charge in [0.1, 0.15) is 5.56 Å². The summed E-state index contributed by atoms with van der Waals surface area (Å²) in [5.41, 5.74) is 10.3. The van der Waals surface area contributed by atoms with Crippen LogP contribution in [0, 0.1) is 6.92 Å². The van der Waals surface area contributed by atoms with Crippen molar-refractivity contribution in [2.45, 2.75) is 25.8 Å². The average Bonchev–Trinajstić information content (AvgIpc) is 3.52. The second-order valence-electron chi connectivity index (χ2n) is 9.86. The number of anilines is 2. The molecule has 12 heteroatoms. The lowest BCUT2D eigenvalue weighted by molar-refractivity contribution is 0.0929. The van der Waals surface area contributed by atoms with Gasteiger partial charge < -0.3 is 20.9 Å². The highest BCUT2D eigenvalue weighted by Crippen LogP contribution is 2.29. The number of benzene rings is 2. The largest absolute Gasteiger partial charge is 0.381 e. The minimum Gasteiger partial charge on any atom is -0.381 e. The molecule has 11 nitrogen and oxygen atoms in total. The number of H-pyrrole nitrogens is 1. The van der Waals surface area contributed by atoms with Crippen molar-refractivity contribution < 1.29 is 4.79 Å². The number of carbonyl (C=O) groups excluding carboxylic acids is 1. The molecular formula is C28H28ClN9O2. The molecule has 1 aliphatic rings. The van der Waals surface area contributed by atoms with Gasteiger partial charge in [0.15, 0.2) is 11.6 Å². The van der Waals surface area contributed by atoms with Crippen molar-refractivity contribution in [1.29, 1.82) is 0 Å². The normalized spacial score (nSPS) is 14.1. The smallest absolute Gasteiger partial charge is 0.284 e. The van der Waals surface area contributed by atoms with E-state index in [0.29, 0.717) is 59.7 Å². The number of fused-ring (bicyclic) bond motifs is 1. The van der Waals surface area contributed by atoms with Gasteiger partial charge in [0, 0.05) is 31.7 Å². The number of carbonyl (C=O) groups is 1. The predicted molar refractivity (Wildman–Crippen MR) is 155 cm³/mol. The summed E-state index contributed by atoms with van der Waals surface area (Å²) in [6.45, 7) is 3.00. The first-order valence-corrected chi connectivity index (χ1v) is 13.4. The first-order chi connectivity index (χ1) is 19.3. The van der Waals surface area contributed by atoms with E-state index in [1.165, 1.54) is 4.68 Å². The van der Waals surface area contributed by atoms with Crippen LogP contribution in [-0.4, -0.2) is 54.3 Å². The second-order valence-corrected chi connectivity index (χ2v) is 10.3. The molecule has 1 amide bonds. The fourth-order valence-electron chi connectivity index (χ4n) is 5.28. The molecule has 0 saturated carbocycles. The van der Waals surface area contributed by atoms with Crippen molar-refractivity contribution in [1.82, 2.24) is 34.6 Å². The van der Waals surface area contributed by atoms with Crippen LogP contribution in [0.1, 0.15) is 28.9 Å². The van der Waals surface area contributed by atoms with Crippen molar-refractivity contribution in [3.05, 3.63) is 81.6 Å².